The largest absolute Gasteiger partial charge is 0.460 e. The van der Waals surface area contributed by atoms with Crippen LogP contribution in [0.1, 0.15) is 18.2 Å². The Labute approximate surface area is 371 Å². The molecule has 1 atom stereocenters. The van der Waals surface area contributed by atoms with Gasteiger partial charge in [-0.05, 0) is 115 Å². The van der Waals surface area contributed by atoms with Crippen molar-refractivity contribution in [1.82, 2.24) is 0 Å². The van der Waals surface area contributed by atoms with Gasteiger partial charge in [0, 0.05) is 56.8 Å². The summed E-state index contributed by atoms with van der Waals surface area (Å²) >= 11 is 0. The predicted octanol–water partition coefficient (Wildman–Crippen LogP) is 17.2. The highest BCUT2D eigenvalue weighted by atomic mass is 16.3. The lowest BCUT2D eigenvalue weighted by atomic mass is 9.89. The lowest BCUT2D eigenvalue weighted by Crippen LogP contribution is -2.25. The predicted molar refractivity (Wildman–Crippen MR) is 272 cm³/mol. The molecule has 302 valence electrons. The Hall–Kier alpha value is -8.14. The van der Waals surface area contributed by atoms with E-state index in [4.69, 9.17) is 4.42 Å². The number of rotatable bonds is 6. The van der Waals surface area contributed by atoms with Crippen LogP contribution < -0.4 is 9.80 Å². The molecule has 0 saturated heterocycles. The number of benzene rings is 11. The first kappa shape index (κ1) is 36.5. The van der Waals surface area contributed by atoms with Crippen molar-refractivity contribution in [3.05, 3.63) is 229 Å². The average molecular weight is 819 g/mol. The molecule has 0 bridgehead atoms. The Balaban J connectivity index is 1.05. The minimum absolute atomic E-state index is 0.169. The van der Waals surface area contributed by atoms with Crippen molar-refractivity contribution in [2.45, 2.75) is 13.3 Å². The number of anilines is 5. The van der Waals surface area contributed by atoms with Crippen LogP contribution in [-0.2, 0) is 6.42 Å². The van der Waals surface area contributed by atoms with E-state index in [0.29, 0.717) is 0 Å². The van der Waals surface area contributed by atoms with E-state index in [2.05, 4.69) is 235 Å². The number of nitrogens with zero attached hydrogens (tertiary/aromatic N) is 2. The van der Waals surface area contributed by atoms with Crippen LogP contribution in [0.4, 0.5) is 28.4 Å². The number of furan rings is 1. The summed E-state index contributed by atoms with van der Waals surface area (Å²) in [7, 11) is 0. The normalized spacial score (nSPS) is 13.9. The van der Waals surface area contributed by atoms with Gasteiger partial charge in [0.05, 0.1) is 11.4 Å². The maximum Gasteiger partial charge on any atom is 0.135 e. The van der Waals surface area contributed by atoms with Gasteiger partial charge in [0.2, 0.25) is 0 Å². The molecule has 11 aromatic carbocycles. The molecule has 1 heterocycles. The van der Waals surface area contributed by atoms with Crippen LogP contribution in [0.3, 0.4) is 0 Å². The molecule has 64 heavy (non-hydrogen) atoms. The van der Waals surface area contributed by atoms with Crippen LogP contribution in [-0.4, -0.2) is 0 Å². The van der Waals surface area contributed by atoms with Gasteiger partial charge in [0.25, 0.3) is 0 Å². The summed E-state index contributed by atoms with van der Waals surface area (Å²) in [6, 6.07) is 77.7. The second kappa shape index (κ2) is 14.5. The third kappa shape index (κ3) is 5.82. The van der Waals surface area contributed by atoms with E-state index >= 15 is 0 Å². The second-order valence-corrected chi connectivity index (χ2v) is 17.4. The molecule has 1 aliphatic rings. The molecular weight excluding hydrogens is 777 g/mol. The van der Waals surface area contributed by atoms with Gasteiger partial charge in [-0.3, -0.25) is 0 Å². The minimum atomic E-state index is 0.169. The topological polar surface area (TPSA) is 19.6 Å². The van der Waals surface area contributed by atoms with Gasteiger partial charge in [-0.25, -0.2) is 0 Å². The smallest absolute Gasteiger partial charge is 0.135 e. The van der Waals surface area contributed by atoms with Gasteiger partial charge in [-0.15, -0.1) is 0 Å². The van der Waals surface area contributed by atoms with Gasteiger partial charge in [-0.1, -0.05) is 165 Å². The van der Waals surface area contributed by atoms with Gasteiger partial charge in [0.1, 0.15) is 11.3 Å². The highest BCUT2D eigenvalue weighted by Crippen LogP contribution is 2.48. The van der Waals surface area contributed by atoms with E-state index in [1.165, 1.54) is 76.0 Å². The van der Waals surface area contributed by atoms with Crippen molar-refractivity contribution in [1.29, 1.82) is 0 Å². The first-order valence-electron chi connectivity index (χ1n) is 22.3. The Morgan fingerprint density at radius 1 is 0.375 bits per heavy atom. The molecule has 0 aliphatic heterocycles. The summed E-state index contributed by atoms with van der Waals surface area (Å²) in [5.74, 6) is 1.20. The van der Waals surface area contributed by atoms with Crippen molar-refractivity contribution in [3.63, 3.8) is 0 Å². The van der Waals surface area contributed by atoms with E-state index in [1.807, 2.05) is 0 Å². The standard InChI is InChI=1S/C61H42N2O/c1-39-32-61-56(38-57(39)63(47-29-27-41-15-3-5-17-43(41)34-47)59-36-45-19-7-9-21-50(45)52-23-11-13-25-54(52)59)55-37-48(30-31-60(55)64-61)62(46-28-26-40-14-2-4-16-42(40)33-46)58-35-44-18-6-8-20-49(44)51-22-10-12-24-53(51)58/h2-31,33-39H,32H2,1H3. The second-order valence-electron chi connectivity index (χ2n) is 17.4. The first-order valence-corrected chi connectivity index (χ1v) is 22.3. The molecule has 0 saturated carbocycles. The van der Waals surface area contributed by atoms with Crippen LogP contribution in [0.5, 0.6) is 0 Å². The third-order valence-electron chi connectivity index (χ3n) is 13.5. The maximum absolute atomic E-state index is 6.84. The zero-order chi connectivity index (χ0) is 42.3. The Morgan fingerprint density at radius 3 is 1.39 bits per heavy atom. The summed E-state index contributed by atoms with van der Waals surface area (Å²) < 4.78 is 6.84. The Morgan fingerprint density at radius 2 is 0.812 bits per heavy atom. The molecular formula is C61H42N2O. The van der Waals surface area contributed by atoms with E-state index < -0.39 is 0 Å². The average Bonchev–Trinajstić information content (AvgIpc) is 3.70. The zero-order valence-electron chi connectivity index (χ0n) is 35.4. The summed E-state index contributed by atoms with van der Waals surface area (Å²) in [5.41, 5.74) is 8.90. The van der Waals surface area contributed by atoms with Crippen molar-refractivity contribution < 1.29 is 4.42 Å². The van der Waals surface area contributed by atoms with Crippen LogP contribution in [0.2, 0.25) is 0 Å². The molecule has 1 unspecified atom stereocenters. The van der Waals surface area contributed by atoms with Gasteiger partial charge < -0.3 is 14.2 Å². The van der Waals surface area contributed by atoms with E-state index in [9.17, 15) is 0 Å². The van der Waals surface area contributed by atoms with E-state index in [1.54, 1.807) is 0 Å². The fourth-order valence-electron chi connectivity index (χ4n) is 10.5. The monoisotopic (exact) mass is 818 g/mol. The maximum atomic E-state index is 6.84. The lowest BCUT2D eigenvalue weighted by Gasteiger charge is -2.34. The molecule has 0 N–H and O–H groups in total. The van der Waals surface area contributed by atoms with E-state index in [0.717, 1.165) is 51.5 Å². The summed E-state index contributed by atoms with van der Waals surface area (Å²) in [6.07, 6.45) is 3.20. The minimum Gasteiger partial charge on any atom is -0.460 e. The number of allylic oxidation sites excluding steroid dienone is 1. The number of fused-ring (bicyclic) bond motifs is 11. The van der Waals surface area contributed by atoms with E-state index in [-0.39, 0.29) is 5.92 Å². The molecule has 0 fully saturated rings. The Kier molecular flexibility index (Phi) is 8.26. The summed E-state index contributed by atoms with van der Waals surface area (Å²) in [6.45, 7) is 2.34. The SMILES string of the molecule is CC1Cc2oc3ccc(N(c4ccc5ccccc5c4)c4cc5ccccc5c5ccccc45)cc3c2C=C1N(c1ccc2ccccc2c1)c1cc2ccccc2c2ccccc12. The molecule has 1 aliphatic carbocycles. The molecule has 1 aromatic heterocycles. The quantitative estimate of drug-likeness (QED) is 0.156. The van der Waals surface area contributed by atoms with Crippen LogP contribution in [0.25, 0.3) is 81.7 Å². The molecule has 12 aromatic rings. The fourth-order valence-corrected chi connectivity index (χ4v) is 10.5. The van der Waals surface area contributed by atoms with Gasteiger partial charge in [-0.2, -0.15) is 0 Å². The van der Waals surface area contributed by atoms with Crippen LogP contribution in [0.15, 0.2) is 222 Å². The molecule has 3 heteroatoms. The van der Waals surface area contributed by atoms with Crippen molar-refractivity contribution >= 4 is 110 Å². The third-order valence-corrected chi connectivity index (χ3v) is 13.5. The Bertz CT molecular complexity index is 3880. The number of hydrogen-bond acceptors (Lipinski definition) is 3. The lowest BCUT2D eigenvalue weighted by molar-refractivity contribution is 0.501. The molecule has 0 spiro atoms. The molecule has 0 radical (unpaired) electrons. The summed E-state index contributed by atoms with van der Waals surface area (Å²) in [5, 5.41) is 15.8. The van der Waals surface area contributed by atoms with Crippen molar-refractivity contribution in [2.24, 2.45) is 5.92 Å². The first-order chi connectivity index (χ1) is 31.6. The van der Waals surface area contributed by atoms with Crippen LogP contribution >= 0.6 is 0 Å². The fraction of sp³-hybridized carbons (Fsp3) is 0.0492. The molecule has 13 rings (SSSR count). The zero-order valence-corrected chi connectivity index (χ0v) is 35.4. The van der Waals surface area contributed by atoms with Crippen LogP contribution in [0, 0.1) is 5.92 Å². The van der Waals surface area contributed by atoms with Gasteiger partial charge in [0.15, 0.2) is 0 Å². The van der Waals surface area contributed by atoms with Crippen molar-refractivity contribution in [3.8, 4) is 0 Å². The summed E-state index contributed by atoms with van der Waals surface area (Å²) in [4.78, 5) is 4.97. The molecule has 3 nitrogen and oxygen atoms in total. The molecule has 0 amide bonds. The number of hydrogen-bond donors (Lipinski definition) is 0. The van der Waals surface area contributed by atoms with Gasteiger partial charge >= 0.3 is 0 Å². The highest BCUT2D eigenvalue weighted by molar-refractivity contribution is 6.16. The van der Waals surface area contributed by atoms with Crippen molar-refractivity contribution in [2.75, 3.05) is 9.80 Å². The highest BCUT2D eigenvalue weighted by Gasteiger charge is 2.30.